The minimum atomic E-state index is -0.286. The van der Waals surface area contributed by atoms with E-state index in [1.165, 1.54) is 22.2 Å². The molecule has 1 atom stereocenters. The average molecular weight is 443 g/mol. The van der Waals surface area contributed by atoms with Crippen LogP contribution in [0.4, 0.5) is 5.69 Å². The molecule has 0 fully saturated rings. The fraction of sp³-hybridized carbons (Fsp3) is 0.318. The van der Waals surface area contributed by atoms with Crippen LogP contribution in [0.25, 0.3) is 0 Å². The second kappa shape index (κ2) is 10.5. The standard InChI is InChI=1S/C22H26N4O2S2/c1-4-19(21(28)23-16-8-10-17(27)11-9-16)30-22-25-24-20(26(22)5-2)14-29-18-12-6-15(3)7-13-18/h6-13,19,27H,4-5,14H2,1-3H3,(H,23,28). The maximum atomic E-state index is 12.7. The number of aromatic nitrogens is 3. The zero-order chi connectivity index (χ0) is 21.5. The molecule has 0 bridgehead atoms. The van der Waals surface area contributed by atoms with Crippen LogP contribution in [0.1, 0.15) is 31.7 Å². The van der Waals surface area contributed by atoms with Gasteiger partial charge in [-0.1, -0.05) is 36.4 Å². The molecule has 158 valence electrons. The summed E-state index contributed by atoms with van der Waals surface area (Å²) in [6.07, 6.45) is 0.665. The molecule has 6 nitrogen and oxygen atoms in total. The van der Waals surface area contributed by atoms with Crippen molar-refractivity contribution in [2.45, 2.75) is 54.8 Å². The van der Waals surface area contributed by atoms with E-state index in [1.54, 1.807) is 36.0 Å². The van der Waals surface area contributed by atoms with Gasteiger partial charge in [-0.15, -0.1) is 22.0 Å². The molecule has 3 aromatic rings. The van der Waals surface area contributed by atoms with Crippen LogP contribution >= 0.6 is 23.5 Å². The van der Waals surface area contributed by atoms with Gasteiger partial charge in [-0.05, 0) is 56.7 Å². The summed E-state index contributed by atoms with van der Waals surface area (Å²) in [7, 11) is 0. The largest absolute Gasteiger partial charge is 0.508 e. The van der Waals surface area contributed by atoms with Crippen LogP contribution in [0.3, 0.4) is 0 Å². The molecule has 2 aromatic carbocycles. The van der Waals surface area contributed by atoms with Crippen LogP contribution in [0, 0.1) is 6.92 Å². The van der Waals surface area contributed by atoms with Crippen molar-refractivity contribution in [3.05, 3.63) is 59.9 Å². The highest BCUT2D eigenvalue weighted by Gasteiger charge is 2.22. The number of hydrogen-bond acceptors (Lipinski definition) is 6. The molecule has 2 N–H and O–H groups in total. The van der Waals surface area contributed by atoms with Gasteiger partial charge in [0.1, 0.15) is 11.6 Å². The van der Waals surface area contributed by atoms with Crippen molar-refractivity contribution in [3.8, 4) is 5.75 Å². The number of rotatable bonds is 9. The molecule has 0 radical (unpaired) electrons. The second-order valence-corrected chi connectivity index (χ2v) is 9.01. The number of hydrogen-bond donors (Lipinski definition) is 2. The Kier molecular flexibility index (Phi) is 7.81. The number of phenolic OH excluding ortho intramolecular Hbond substituents is 1. The fourth-order valence-electron chi connectivity index (χ4n) is 2.83. The van der Waals surface area contributed by atoms with Crippen LogP contribution in [0.5, 0.6) is 5.75 Å². The van der Waals surface area contributed by atoms with E-state index in [4.69, 9.17) is 0 Å². The van der Waals surface area contributed by atoms with Gasteiger partial charge in [0.2, 0.25) is 5.91 Å². The zero-order valence-electron chi connectivity index (χ0n) is 17.3. The fourth-order valence-corrected chi connectivity index (χ4v) is 4.70. The Hall–Kier alpha value is -2.45. The van der Waals surface area contributed by atoms with E-state index in [1.807, 2.05) is 6.92 Å². The third-order valence-corrected chi connectivity index (χ3v) is 6.90. The van der Waals surface area contributed by atoms with E-state index in [-0.39, 0.29) is 16.9 Å². The predicted octanol–water partition coefficient (Wildman–Crippen LogP) is 5.11. The first-order chi connectivity index (χ1) is 14.5. The number of phenols is 1. The van der Waals surface area contributed by atoms with Gasteiger partial charge in [-0.2, -0.15) is 0 Å². The van der Waals surface area contributed by atoms with E-state index in [0.717, 1.165) is 23.3 Å². The molecule has 30 heavy (non-hydrogen) atoms. The molecule has 0 saturated heterocycles. The Morgan fingerprint density at radius 1 is 1.10 bits per heavy atom. The van der Waals surface area contributed by atoms with Crippen molar-refractivity contribution in [1.82, 2.24) is 14.8 Å². The number of carbonyl (C=O) groups is 1. The molecule has 1 amide bonds. The Labute approximate surface area is 185 Å². The third-order valence-electron chi connectivity index (χ3n) is 4.54. The van der Waals surface area contributed by atoms with Gasteiger partial charge in [-0.25, -0.2) is 0 Å². The molecule has 0 aliphatic rings. The number of anilines is 1. The summed E-state index contributed by atoms with van der Waals surface area (Å²) in [5.74, 6) is 1.70. The first-order valence-corrected chi connectivity index (χ1v) is 11.7. The lowest BCUT2D eigenvalue weighted by Gasteiger charge is -2.15. The van der Waals surface area contributed by atoms with E-state index in [2.05, 4.69) is 58.2 Å². The molecule has 1 unspecified atom stereocenters. The first kappa shape index (κ1) is 22.2. The van der Waals surface area contributed by atoms with Crippen molar-refractivity contribution < 1.29 is 9.90 Å². The number of benzene rings is 2. The minimum Gasteiger partial charge on any atom is -0.508 e. The Balaban J connectivity index is 1.66. The lowest BCUT2D eigenvalue weighted by molar-refractivity contribution is -0.115. The van der Waals surface area contributed by atoms with E-state index in [9.17, 15) is 9.90 Å². The summed E-state index contributed by atoms with van der Waals surface area (Å²) in [6.45, 7) is 6.86. The van der Waals surface area contributed by atoms with Crippen LogP contribution in [0.15, 0.2) is 58.6 Å². The quantitative estimate of drug-likeness (QED) is 0.354. The van der Waals surface area contributed by atoms with Gasteiger partial charge >= 0.3 is 0 Å². The molecular weight excluding hydrogens is 416 g/mol. The topological polar surface area (TPSA) is 80.0 Å². The van der Waals surface area contributed by atoms with Gasteiger partial charge in [-0.3, -0.25) is 4.79 Å². The zero-order valence-corrected chi connectivity index (χ0v) is 19.0. The van der Waals surface area contributed by atoms with Gasteiger partial charge in [0.15, 0.2) is 5.16 Å². The summed E-state index contributed by atoms with van der Waals surface area (Å²) in [5, 5.41) is 21.5. The number of nitrogens with zero attached hydrogens (tertiary/aromatic N) is 3. The van der Waals surface area contributed by atoms with Crippen molar-refractivity contribution in [2.75, 3.05) is 5.32 Å². The maximum absolute atomic E-state index is 12.7. The Morgan fingerprint density at radius 2 is 1.80 bits per heavy atom. The van der Waals surface area contributed by atoms with Crippen molar-refractivity contribution in [3.63, 3.8) is 0 Å². The minimum absolute atomic E-state index is 0.0885. The molecule has 8 heteroatoms. The lowest BCUT2D eigenvalue weighted by atomic mass is 10.2. The molecular formula is C22H26N4O2S2. The summed E-state index contributed by atoms with van der Waals surface area (Å²) in [5.41, 5.74) is 1.90. The second-order valence-electron chi connectivity index (χ2n) is 6.80. The number of aromatic hydroxyl groups is 1. The highest BCUT2D eigenvalue weighted by Crippen LogP contribution is 2.28. The highest BCUT2D eigenvalue weighted by atomic mass is 32.2. The van der Waals surface area contributed by atoms with Crippen molar-refractivity contribution >= 4 is 35.1 Å². The van der Waals surface area contributed by atoms with Crippen LogP contribution in [-0.2, 0) is 17.1 Å². The van der Waals surface area contributed by atoms with E-state index >= 15 is 0 Å². The smallest absolute Gasteiger partial charge is 0.237 e. The number of thioether (sulfide) groups is 2. The van der Waals surface area contributed by atoms with E-state index < -0.39 is 0 Å². The number of aryl methyl sites for hydroxylation is 1. The van der Waals surface area contributed by atoms with Crippen molar-refractivity contribution in [1.29, 1.82) is 0 Å². The van der Waals surface area contributed by atoms with Gasteiger partial charge < -0.3 is 15.0 Å². The normalized spacial score (nSPS) is 12.0. The Morgan fingerprint density at radius 3 is 2.43 bits per heavy atom. The SMILES string of the molecule is CCC(Sc1nnc(CSc2ccc(C)cc2)n1CC)C(=O)Nc1ccc(O)cc1. The molecule has 0 aliphatic heterocycles. The molecule has 3 rings (SSSR count). The van der Waals surface area contributed by atoms with Crippen LogP contribution in [-0.4, -0.2) is 31.0 Å². The number of carbonyl (C=O) groups excluding carboxylic acids is 1. The van der Waals surface area contributed by atoms with Crippen LogP contribution < -0.4 is 5.32 Å². The average Bonchev–Trinajstić information content (AvgIpc) is 3.14. The predicted molar refractivity (Wildman–Crippen MR) is 123 cm³/mol. The molecule has 1 aromatic heterocycles. The van der Waals surface area contributed by atoms with Crippen molar-refractivity contribution in [2.24, 2.45) is 0 Å². The summed E-state index contributed by atoms with van der Waals surface area (Å²) in [4.78, 5) is 13.9. The maximum Gasteiger partial charge on any atom is 0.237 e. The third kappa shape index (κ3) is 5.79. The number of nitrogens with one attached hydrogen (secondary N) is 1. The Bertz CT molecular complexity index is 972. The summed E-state index contributed by atoms with van der Waals surface area (Å²) in [6, 6.07) is 14.9. The molecule has 0 aliphatic carbocycles. The van der Waals surface area contributed by atoms with E-state index in [0.29, 0.717) is 12.1 Å². The van der Waals surface area contributed by atoms with Crippen LogP contribution in [0.2, 0.25) is 0 Å². The first-order valence-electron chi connectivity index (χ1n) is 9.88. The molecule has 0 spiro atoms. The van der Waals surface area contributed by atoms with Gasteiger partial charge in [0.25, 0.3) is 0 Å². The molecule has 0 saturated carbocycles. The number of amides is 1. The van der Waals surface area contributed by atoms with Gasteiger partial charge in [0, 0.05) is 17.1 Å². The van der Waals surface area contributed by atoms with Gasteiger partial charge in [0.05, 0.1) is 11.0 Å². The monoisotopic (exact) mass is 442 g/mol. The molecule has 1 heterocycles. The summed E-state index contributed by atoms with van der Waals surface area (Å²) < 4.78 is 2.07. The lowest BCUT2D eigenvalue weighted by Crippen LogP contribution is -2.25. The summed E-state index contributed by atoms with van der Waals surface area (Å²) >= 11 is 3.16. The highest BCUT2D eigenvalue weighted by molar-refractivity contribution is 8.00.